The Labute approximate surface area is 148 Å². The van der Waals surface area contributed by atoms with Crippen LogP contribution in [0.15, 0.2) is 24.3 Å². The number of hydrogen-bond acceptors (Lipinski definition) is 5. The first-order chi connectivity index (χ1) is 11.8. The lowest BCUT2D eigenvalue weighted by Gasteiger charge is -2.22. The Morgan fingerprint density at radius 2 is 1.92 bits per heavy atom. The van der Waals surface area contributed by atoms with E-state index in [1.165, 1.54) is 11.3 Å². The standard InChI is InChI=1S/C17H17NO5S2/c19-15(12-9-17(12)3-5-25(22,23)6-4-17)18-11-1-2-13-10(7-11)8-14(24-13)16(20)21/h1-2,7-8,12H,3-6,9H2,(H,18,19)(H,20,21). The minimum Gasteiger partial charge on any atom is -0.477 e. The highest BCUT2D eigenvalue weighted by Crippen LogP contribution is 2.60. The number of aromatic carboxylic acids is 1. The van der Waals surface area contributed by atoms with Gasteiger partial charge in [-0.25, -0.2) is 13.2 Å². The SMILES string of the molecule is O=C(O)c1cc2cc(NC(=O)C3CC34CCS(=O)(=O)CC4)ccc2s1. The molecule has 2 aliphatic rings. The third kappa shape index (κ3) is 3.04. The van der Waals surface area contributed by atoms with Crippen LogP contribution in [0, 0.1) is 11.3 Å². The first-order valence-corrected chi connectivity index (χ1v) is 10.7. The van der Waals surface area contributed by atoms with Gasteiger partial charge < -0.3 is 10.4 Å². The zero-order valence-corrected chi connectivity index (χ0v) is 15.0. The summed E-state index contributed by atoms with van der Waals surface area (Å²) in [6, 6.07) is 6.94. The number of benzene rings is 1. The van der Waals surface area contributed by atoms with Crippen molar-refractivity contribution >= 4 is 48.8 Å². The van der Waals surface area contributed by atoms with Crippen LogP contribution in [0.5, 0.6) is 0 Å². The first-order valence-electron chi connectivity index (χ1n) is 8.06. The number of thiophene rings is 1. The van der Waals surface area contributed by atoms with E-state index >= 15 is 0 Å². The number of rotatable bonds is 3. The lowest BCUT2D eigenvalue weighted by molar-refractivity contribution is -0.118. The molecule has 0 bridgehead atoms. The van der Waals surface area contributed by atoms with Gasteiger partial charge in [0.15, 0.2) is 0 Å². The zero-order valence-electron chi connectivity index (χ0n) is 13.3. The topological polar surface area (TPSA) is 101 Å². The fraction of sp³-hybridized carbons (Fsp3) is 0.412. The lowest BCUT2D eigenvalue weighted by atomic mass is 9.96. The van der Waals surface area contributed by atoms with E-state index < -0.39 is 15.8 Å². The second-order valence-corrected chi connectivity index (χ2v) is 10.3. The fourth-order valence-electron chi connectivity index (χ4n) is 3.67. The van der Waals surface area contributed by atoms with Gasteiger partial charge in [-0.15, -0.1) is 11.3 Å². The van der Waals surface area contributed by atoms with Crippen LogP contribution in [0.25, 0.3) is 10.1 Å². The minimum absolute atomic E-state index is 0.0765. The number of amides is 1. The van der Waals surface area contributed by atoms with Crippen molar-refractivity contribution in [2.75, 3.05) is 16.8 Å². The number of fused-ring (bicyclic) bond motifs is 1. The van der Waals surface area contributed by atoms with Crippen molar-refractivity contribution in [3.05, 3.63) is 29.1 Å². The number of carboxylic acid groups (broad SMARTS) is 1. The van der Waals surface area contributed by atoms with Gasteiger partial charge in [0.25, 0.3) is 0 Å². The van der Waals surface area contributed by atoms with Crippen LogP contribution in [-0.4, -0.2) is 36.9 Å². The molecule has 2 fully saturated rings. The predicted molar refractivity (Wildman–Crippen MR) is 95.8 cm³/mol. The summed E-state index contributed by atoms with van der Waals surface area (Å²) in [4.78, 5) is 23.8. The van der Waals surface area contributed by atoms with Crippen molar-refractivity contribution in [1.82, 2.24) is 0 Å². The molecule has 1 amide bonds. The normalized spacial score (nSPS) is 23.4. The van der Waals surface area contributed by atoms with E-state index in [0.29, 0.717) is 18.5 Å². The maximum absolute atomic E-state index is 12.5. The Kier molecular flexibility index (Phi) is 3.66. The smallest absolute Gasteiger partial charge is 0.345 e. The second kappa shape index (κ2) is 5.54. The summed E-state index contributed by atoms with van der Waals surface area (Å²) in [7, 11) is -2.93. The number of anilines is 1. The number of carbonyl (C=O) groups excluding carboxylic acids is 1. The zero-order chi connectivity index (χ0) is 17.8. The molecule has 1 aliphatic carbocycles. The molecule has 6 nitrogen and oxygen atoms in total. The van der Waals surface area contributed by atoms with Crippen molar-refractivity contribution in [3.63, 3.8) is 0 Å². The number of carbonyl (C=O) groups is 2. The van der Waals surface area contributed by atoms with Gasteiger partial charge >= 0.3 is 5.97 Å². The van der Waals surface area contributed by atoms with Crippen molar-refractivity contribution in [1.29, 1.82) is 0 Å². The van der Waals surface area contributed by atoms with Crippen molar-refractivity contribution in [2.24, 2.45) is 11.3 Å². The molecule has 1 saturated heterocycles. The van der Waals surface area contributed by atoms with Crippen LogP contribution in [0.2, 0.25) is 0 Å². The predicted octanol–water partition coefficient (Wildman–Crippen LogP) is 2.75. The number of carboxylic acids is 1. The second-order valence-electron chi connectivity index (χ2n) is 6.93. The molecule has 132 valence electrons. The van der Waals surface area contributed by atoms with E-state index in [-0.39, 0.29) is 33.6 Å². The maximum Gasteiger partial charge on any atom is 0.345 e. The molecule has 1 spiro atoms. The molecule has 1 unspecified atom stereocenters. The Morgan fingerprint density at radius 1 is 1.20 bits per heavy atom. The maximum atomic E-state index is 12.5. The lowest BCUT2D eigenvalue weighted by Crippen LogP contribution is -2.28. The highest BCUT2D eigenvalue weighted by molar-refractivity contribution is 7.91. The summed E-state index contributed by atoms with van der Waals surface area (Å²) >= 11 is 1.20. The average molecular weight is 379 g/mol. The van der Waals surface area contributed by atoms with E-state index in [0.717, 1.165) is 16.5 Å². The molecule has 25 heavy (non-hydrogen) atoms. The van der Waals surface area contributed by atoms with Gasteiger partial charge in [0.05, 0.1) is 11.5 Å². The molecule has 2 heterocycles. The Bertz CT molecular complexity index is 978. The van der Waals surface area contributed by atoms with Crippen LogP contribution in [0.3, 0.4) is 0 Å². The summed E-state index contributed by atoms with van der Waals surface area (Å²) in [5, 5.41) is 12.7. The number of sulfone groups is 1. The van der Waals surface area contributed by atoms with Crippen molar-refractivity contribution < 1.29 is 23.1 Å². The summed E-state index contributed by atoms with van der Waals surface area (Å²) in [6.45, 7) is 0. The molecular weight excluding hydrogens is 362 g/mol. The molecule has 8 heteroatoms. The molecule has 4 rings (SSSR count). The fourth-order valence-corrected chi connectivity index (χ4v) is 6.19. The largest absolute Gasteiger partial charge is 0.477 e. The average Bonchev–Trinajstić information content (AvgIpc) is 3.10. The van der Waals surface area contributed by atoms with Crippen LogP contribution in [-0.2, 0) is 14.6 Å². The van der Waals surface area contributed by atoms with E-state index in [2.05, 4.69) is 5.32 Å². The summed E-state index contributed by atoms with van der Waals surface area (Å²) in [5.41, 5.74) is 0.496. The summed E-state index contributed by atoms with van der Waals surface area (Å²) < 4.78 is 24.0. The van der Waals surface area contributed by atoms with Gasteiger partial charge in [-0.05, 0) is 54.3 Å². The molecule has 2 N–H and O–H groups in total. The van der Waals surface area contributed by atoms with Crippen LogP contribution >= 0.6 is 11.3 Å². The molecule has 1 saturated carbocycles. The van der Waals surface area contributed by atoms with E-state index in [1.54, 1.807) is 24.3 Å². The molecule has 1 aromatic carbocycles. The van der Waals surface area contributed by atoms with Gasteiger partial charge in [0, 0.05) is 16.3 Å². The van der Waals surface area contributed by atoms with Crippen LogP contribution in [0.4, 0.5) is 5.69 Å². The van der Waals surface area contributed by atoms with Gasteiger partial charge in [0.2, 0.25) is 5.91 Å². The Hall–Kier alpha value is -1.93. The molecule has 2 aromatic rings. The minimum atomic E-state index is -2.93. The number of hydrogen-bond donors (Lipinski definition) is 2. The van der Waals surface area contributed by atoms with Crippen LogP contribution < -0.4 is 5.32 Å². The van der Waals surface area contributed by atoms with Crippen molar-refractivity contribution in [2.45, 2.75) is 19.3 Å². The summed E-state index contributed by atoms with van der Waals surface area (Å²) in [5.74, 6) is -0.812. The Balaban J connectivity index is 1.47. The molecule has 0 radical (unpaired) electrons. The highest BCUT2D eigenvalue weighted by Gasteiger charge is 2.59. The van der Waals surface area contributed by atoms with E-state index in [4.69, 9.17) is 5.11 Å². The molecule has 1 aliphatic heterocycles. The van der Waals surface area contributed by atoms with Crippen molar-refractivity contribution in [3.8, 4) is 0 Å². The van der Waals surface area contributed by atoms with Gasteiger partial charge in [-0.2, -0.15) is 0 Å². The van der Waals surface area contributed by atoms with Gasteiger partial charge in [0.1, 0.15) is 14.7 Å². The third-order valence-electron chi connectivity index (χ3n) is 5.32. The molecule has 1 atom stereocenters. The van der Waals surface area contributed by atoms with Gasteiger partial charge in [-0.3, -0.25) is 4.79 Å². The van der Waals surface area contributed by atoms with E-state index in [9.17, 15) is 18.0 Å². The van der Waals surface area contributed by atoms with Gasteiger partial charge in [-0.1, -0.05) is 0 Å². The Morgan fingerprint density at radius 3 is 2.60 bits per heavy atom. The summed E-state index contributed by atoms with van der Waals surface area (Å²) in [6.07, 6.45) is 1.89. The number of nitrogens with one attached hydrogen (secondary N) is 1. The quantitative estimate of drug-likeness (QED) is 0.854. The highest BCUT2D eigenvalue weighted by atomic mass is 32.2. The molecular formula is C17H17NO5S2. The first kappa shape index (κ1) is 16.5. The van der Waals surface area contributed by atoms with E-state index in [1.807, 2.05) is 0 Å². The third-order valence-corrected chi connectivity index (χ3v) is 8.08. The monoisotopic (exact) mass is 379 g/mol. The van der Waals surface area contributed by atoms with Crippen LogP contribution in [0.1, 0.15) is 28.9 Å². The molecule has 1 aromatic heterocycles.